The fourth-order valence-electron chi connectivity index (χ4n) is 3.77. The predicted molar refractivity (Wildman–Crippen MR) is 121 cm³/mol. The molecule has 1 fully saturated rings. The highest BCUT2D eigenvalue weighted by Crippen LogP contribution is 2.30. The monoisotopic (exact) mass is 416 g/mol. The van der Waals surface area contributed by atoms with E-state index in [-0.39, 0.29) is 17.9 Å². The highest BCUT2D eigenvalue weighted by atomic mass is 16.5. The average Bonchev–Trinajstić information content (AvgIpc) is 3.28. The minimum Gasteiger partial charge on any atom is -0.463 e. The van der Waals surface area contributed by atoms with Gasteiger partial charge in [-0.1, -0.05) is 24.3 Å². The van der Waals surface area contributed by atoms with E-state index in [1.54, 1.807) is 19.3 Å². The fraction of sp³-hybridized carbons (Fsp3) is 0.250. The molecular weight excluding hydrogens is 392 g/mol. The van der Waals surface area contributed by atoms with Crippen molar-refractivity contribution in [1.82, 2.24) is 9.97 Å². The first-order valence-corrected chi connectivity index (χ1v) is 10.4. The number of rotatable bonds is 6. The number of carbonyl (C=O) groups is 2. The van der Waals surface area contributed by atoms with E-state index in [9.17, 15) is 9.59 Å². The quantitative estimate of drug-likeness (QED) is 0.486. The van der Waals surface area contributed by atoms with Crippen LogP contribution in [-0.4, -0.2) is 41.0 Å². The molecule has 1 aliphatic rings. The minimum absolute atomic E-state index is 0.0602. The van der Waals surface area contributed by atoms with E-state index in [0.29, 0.717) is 12.3 Å². The van der Waals surface area contributed by atoms with Crippen LogP contribution in [0.3, 0.4) is 0 Å². The molecule has 7 heteroatoms. The molecule has 1 saturated heterocycles. The van der Waals surface area contributed by atoms with Crippen molar-refractivity contribution in [3.63, 3.8) is 0 Å². The van der Waals surface area contributed by atoms with Gasteiger partial charge in [-0.3, -0.25) is 4.79 Å². The van der Waals surface area contributed by atoms with Crippen LogP contribution in [0.4, 0.5) is 11.5 Å². The molecule has 2 aromatic carbocycles. The van der Waals surface area contributed by atoms with Crippen LogP contribution < -0.4 is 10.2 Å². The van der Waals surface area contributed by atoms with Crippen LogP contribution in [0.5, 0.6) is 0 Å². The van der Waals surface area contributed by atoms with Gasteiger partial charge < -0.3 is 15.0 Å². The van der Waals surface area contributed by atoms with Crippen molar-refractivity contribution in [2.45, 2.75) is 25.8 Å². The van der Waals surface area contributed by atoms with Gasteiger partial charge in [-0.25, -0.2) is 14.8 Å². The van der Waals surface area contributed by atoms with Gasteiger partial charge in [-0.05, 0) is 55.7 Å². The largest absolute Gasteiger partial charge is 0.463 e. The van der Waals surface area contributed by atoms with Gasteiger partial charge in [0.15, 0.2) is 0 Å². The summed E-state index contributed by atoms with van der Waals surface area (Å²) in [6, 6.07) is 14.9. The molecule has 1 aromatic heterocycles. The Balaban J connectivity index is 1.46. The van der Waals surface area contributed by atoms with Crippen molar-refractivity contribution in [2.75, 3.05) is 23.4 Å². The summed E-state index contributed by atoms with van der Waals surface area (Å²) in [5.41, 5.74) is 2.42. The van der Waals surface area contributed by atoms with Gasteiger partial charge in [-0.2, -0.15) is 0 Å². The molecule has 1 N–H and O–H groups in total. The van der Waals surface area contributed by atoms with Gasteiger partial charge in [0.25, 0.3) is 0 Å². The zero-order chi connectivity index (χ0) is 21.6. The number of hydrogen-bond donors (Lipinski definition) is 1. The third kappa shape index (κ3) is 4.71. The van der Waals surface area contributed by atoms with Gasteiger partial charge in [0.2, 0.25) is 5.91 Å². The second-order valence-corrected chi connectivity index (χ2v) is 7.26. The van der Waals surface area contributed by atoms with Gasteiger partial charge >= 0.3 is 5.97 Å². The van der Waals surface area contributed by atoms with Crippen molar-refractivity contribution in [1.29, 1.82) is 0 Å². The summed E-state index contributed by atoms with van der Waals surface area (Å²) in [7, 11) is 0. The van der Waals surface area contributed by atoms with Crippen molar-refractivity contribution in [2.24, 2.45) is 0 Å². The number of carbonyl (C=O) groups excluding carboxylic acids is 2. The number of amides is 1. The van der Waals surface area contributed by atoms with Gasteiger partial charge in [0, 0.05) is 23.7 Å². The molecule has 3 aromatic rings. The number of esters is 1. The number of aromatic nitrogens is 2. The van der Waals surface area contributed by atoms with E-state index in [2.05, 4.69) is 20.2 Å². The molecule has 1 unspecified atom stereocenters. The maximum Gasteiger partial charge on any atom is 0.330 e. The maximum atomic E-state index is 13.0. The standard InChI is InChI=1S/C24H24N4O3/c1-2-31-22(29)14-11-17-9-12-18(13-10-17)27-24(30)21-8-5-15-28(21)23-19-6-3-4-7-20(19)25-16-26-23/h3-4,6-7,9-14,16,21H,2,5,8,15H2,1H3,(H,27,30). The number of nitrogens with zero attached hydrogens (tertiary/aromatic N) is 3. The average molecular weight is 416 g/mol. The first-order valence-electron chi connectivity index (χ1n) is 10.4. The third-order valence-electron chi connectivity index (χ3n) is 5.23. The minimum atomic E-state index is -0.376. The van der Waals surface area contributed by atoms with E-state index >= 15 is 0 Å². The van der Waals surface area contributed by atoms with E-state index in [0.717, 1.165) is 41.7 Å². The van der Waals surface area contributed by atoms with Gasteiger partial charge in [-0.15, -0.1) is 0 Å². The molecule has 4 rings (SSSR count). The van der Waals surface area contributed by atoms with Crippen LogP contribution in [0.25, 0.3) is 17.0 Å². The van der Waals surface area contributed by atoms with E-state index < -0.39 is 0 Å². The SMILES string of the molecule is CCOC(=O)C=Cc1ccc(NC(=O)C2CCCN2c2ncnc3ccccc23)cc1. The highest BCUT2D eigenvalue weighted by Gasteiger charge is 2.32. The number of hydrogen-bond acceptors (Lipinski definition) is 6. The number of benzene rings is 2. The Morgan fingerprint density at radius 1 is 1.16 bits per heavy atom. The third-order valence-corrected chi connectivity index (χ3v) is 5.23. The molecule has 1 atom stereocenters. The lowest BCUT2D eigenvalue weighted by Crippen LogP contribution is -2.40. The first kappa shape index (κ1) is 20.5. The van der Waals surface area contributed by atoms with E-state index in [1.165, 1.54) is 6.08 Å². The molecule has 7 nitrogen and oxygen atoms in total. The Bertz CT molecular complexity index is 1110. The molecule has 0 bridgehead atoms. The molecule has 0 spiro atoms. The van der Waals surface area contributed by atoms with Crippen molar-refractivity contribution >= 4 is 40.4 Å². The van der Waals surface area contributed by atoms with E-state index in [4.69, 9.17) is 4.74 Å². The molecule has 1 aliphatic heterocycles. The molecule has 158 valence electrons. The number of fused-ring (bicyclic) bond motifs is 1. The summed E-state index contributed by atoms with van der Waals surface area (Å²) >= 11 is 0. The fourth-order valence-corrected chi connectivity index (χ4v) is 3.77. The Morgan fingerprint density at radius 2 is 1.97 bits per heavy atom. The van der Waals surface area contributed by atoms with Crippen molar-refractivity contribution in [3.05, 3.63) is 66.5 Å². The summed E-state index contributed by atoms with van der Waals surface area (Å²) < 4.78 is 4.87. The molecular formula is C24H24N4O3. The second kappa shape index (κ2) is 9.38. The van der Waals surface area contributed by atoms with Gasteiger partial charge in [0.05, 0.1) is 12.1 Å². The Hall–Kier alpha value is -3.74. The van der Waals surface area contributed by atoms with Gasteiger partial charge in [0.1, 0.15) is 18.2 Å². The molecule has 31 heavy (non-hydrogen) atoms. The normalized spacial score (nSPS) is 16.0. The number of ether oxygens (including phenoxy) is 1. The van der Waals surface area contributed by atoms with Crippen molar-refractivity contribution < 1.29 is 14.3 Å². The lowest BCUT2D eigenvalue weighted by atomic mass is 10.1. The zero-order valence-electron chi connectivity index (χ0n) is 17.3. The maximum absolute atomic E-state index is 13.0. The number of anilines is 2. The molecule has 0 saturated carbocycles. The second-order valence-electron chi connectivity index (χ2n) is 7.26. The van der Waals surface area contributed by atoms with Crippen LogP contribution in [0.1, 0.15) is 25.3 Å². The lowest BCUT2D eigenvalue weighted by molar-refractivity contribution is -0.137. The topological polar surface area (TPSA) is 84.4 Å². The predicted octanol–water partition coefficient (Wildman–Crippen LogP) is 3.81. The summed E-state index contributed by atoms with van der Waals surface area (Å²) in [6.45, 7) is 2.88. The zero-order valence-corrected chi connectivity index (χ0v) is 17.3. The first-order chi connectivity index (χ1) is 15.2. The van der Waals surface area contributed by atoms with Crippen LogP contribution >= 0.6 is 0 Å². The summed E-state index contributed by atoms with van der Waals surface area (Å²) in [6.07, 6.45) is 6.31. The Kier molecular flexibility index (Phi) is 6.21. The highest BCUT2D eigenvalue weighted by molar-refractivity contribution is 5.99. The number of nitrogens with one attached hydrogen (secondary N) is 1. The molecule has 0 aliphatic carbocycles. The smallest absolute Gasteiger partial charge is 0.330 e. The summed E-state index contributed by atoms with van der Waals surface area (Å²) in [5, 5.41) is 3.95. The molecule has 0 radical (unpaired) electrons. The van der Waals surface area contributed by atoms with Crippen LogP contribution in [-0.2, 0) is 14.3 Å². The van der Waals surface area contributed by atoms with Crippen LogP contribution in [0, 0.1) is 0 Å². The lowest BCUT2D eigenvalue weighted by Gasteiger charge is -2.25. The summed E-state index contributed by atoms with van der Waals surface area (Å²) in [4.78, 5) is 35.3. The Labute approximate surface area is 180 Å². The molecule has 2 heterocycles. The molecule has 1 amide bonds. The Morgan fingerprint density at radius 3 is 2.77 bits per heavy atom. The number of para-hydroxylation sites is 1. The van der Waals surface area contributed by atoms with Crippen LogP contribution in [0.2, 0.25) is 0 Å². The summed E-state index contributed by atoms with van der Waals surface area (Å²) in [5.74, 6) is 0.358. The van der Waals surface area contributed by atoms with Crippen molar-refractivity contribution in [3.8, 4) is 0 Å². The van der Waals surface area contributed by atoms with E-state index in [1.807, 2.05) is 48.5 Å². The van der Waals surface area contributed by atoms with Crippen LogP contribution in [0.15, 0.2) is 60.9 Å².